The first-order valence-corrected chi connectivity index (χ1v) is 17.7. The minimum atomic E-state index is 0.896. The van der Waals surface area contributed by atoms with E-state index >= 15 is 0 Å². The molecule has 0 bridgehead atoms. The van der Waals surface area contributed by atoms with Gasteiger partial charge in [-0.05, 0) is 108 Å². The minimum absolute atomic E-state index is 0.896. The van der Waals surface area contributed by atoms with Crippen LogP contribution in [-0.2, 0) is 0 Å². The van der Waals surface area contributed by atoms with Crippen LogP contribution in [0.15, 0.2) is 170 Å². The standard InChI is InChI=1S/C48H34N4/c1-31-19-20-37(52-47-17-9-5-13-41(47)42-14-6-10-18-48(42)52)28-43(31)33-23-24-50-44(27-33)35-26-34(29-49-30-35)38-22-21-36(25-32(38)2)51-45-15-7-3-11-39(45)40-12-4-8-16-46(40)51/h3-30H,1-2H3. The summed E-state index contributed by atoms with van der Waals surface area (Å²) in [5.74, 6) is 0. The van der Waals surface area contributed by atoms with Crippen molar-refractivity contribution in [2.24, 2.45) is 0 Å². The molecule has 0 saturated carbocycles. The van der Waals surface area contributed by atoms with Crippen molar-refractivity contribution in [2.75, 3.05) is 0 Å². The van der Waals surface area contributed by atoms with Crippen molar-refractivity contribution in [2.45, 2.75) is 13.8 Å². The molecular weight excluding hydrogens is 633 g/mol. The Morgan fingerprint density at radius 2 is 0.923 bits per heavy atom. The van der Waals surface area contributed by atoms with Gasteiger partial charge in [-0.1, -0.05) is 84.9 Å². The second-order valence-corrected chi connectivity index (χ2v) is 13.6. The van der Waals surface area contributed by atoms with Crippen molar-refractivity contribution < 1.29 is 0 Å². The molecule has 0 aliphatic carbocycles. The Kier molecular flexibility index (Phi) is 6.90. The van der Waals surface area contributed by atoms with E-state index in [1.54, 1.807) is 0 Å². The Balaban J connectivity index is 1.02. The summed E-state index contributed by atoms with van der Waals surface area (Å²) in [5, 5.41) is 5.05. The minimum Gasteiger partial charge on any atom is -0.309 e. The van der Waals surface area contributed by atoms with Crippen LogP contribution in [0, 0.1) is 13.8 Å². The van der Waals surface area contributed by atoms with Crippen LogP contribution in [0.3, 0.4) is 0 Å². The lowest BCUT2D eigenvalue weighted by atomic mass is 9.97. The van der Waals surface area contributed by atoms with E-state index in [2.05, 4.69) is 175 Å². The average Bonchev–Trinajstić information content (AvgIpc) is 3.71. The highest BCUT2D eigenvalue weighted by Crippen LogP contribution is 2.37. The number of hydrogen-bond donors (Lipinski definition) is 0. The van der Waals surface area contributed by atoms with Gasteiger partial charge in [-0.2, -0.15) is 0 Å². The smallest absolute Gasteiger partial charge is 0.0723 e. The fourth-order valence-corrected chi connectivity index (χ4v) is 8.06. The molecule has 10 rings (SSSR count). The van der Waals surface area contributed by atoms with Crippen molar-refractivity contribution >= 4 is 43.6 Å². The maximum absolute atomic E-state index is 4.83. The van der Waals surface area contributed by atoms with E-state index in [4.69, 9.17) is 9.97 Å². The molecule has 0 saturated heterocycles. The summed E-state index contributed by atoms with van der Waals surface area (Å²) in [7, 11) is 0. The number of aryl methyl sites for hydroxylation is 2. The zero-order chi connectivity index (χ0) is 34.8. The third kappa shape index (κ3) is 4.76. The summed E-state index contributed by atoms with van der Waals surface area (Å²) in [4.78, 5) is 9.54. The van der Waals surface area contributed by atoms with Crippen LogP contribution >= 0.6 is 0 Å². The van der Waals surface area contributed by atoms with Gasteiger partial charge in [0.2, 0.25) is 0 Å². The molecule has 6 aromatic carbocycles. The Bertz CT molecular complexity index is 2890. The lowest BCUT2D eigenvalue weighted by Gasteiger charge is -2.14. The Labute approximate surface area is 301 Å². The largest absolute Gasteiger partial charge is 0.309 e. The summed E-state index contributed by atoms with van der Waals surface area (Å²) in [5.41, 5.74) is 15.9. The van der Waals surface area contributed by atoms with Crippen molar-refractivity contribution in [1.29, 1.82) is 0 Å². The predicted molar refractivity (Wildman–Crippen MR) is 216 cm³/mol. The quantitative estimate of drug-likeness (QED) is 0.183. The SMILES string of the molecule is Cc1cc(-n2c3ccccc3c3ccccc32)ccc1-c1cncc(-c2cc(-c3cc(-n4c5ccccc5c5ccccc54)ccc3C)ccn2)c1. The van der Waals surface area contributed by atoms with E-state index in [0.29, 0.717) is 0 Å². The molecule has 0 amide bonds. The van der Waals surface area contributed by atoms with Gasteiger partial charge in [0.05, 0.1) is 27.8 Å². The molecule has 246 valence electrons. The Morgan fingerprint density at radius 3 is 1.50 bits per heavy atom. The maximum atomic E-state index is 4.83. The first-order valence-electron chi connectivity index (χ1n) is 17.7. The van der Waals surface area contributed by atoms with Crippen LogP contribution in [0.2, 0.25) is 0 Å². The molecule has 10 aromatic rings. The molecule has 0 aliphatic heterocycles. The lowest BCUT2D eigenvalue weighted by molar-refractivity contribution is 1.17. The molecular formula is C48H34N4. The summed E-state index contributed by atoms with van der Waals surface area (Å²) >= 11 is 0. The van der Waals surface area contributed by atoms with Gasteiger partial charge >= 0.3 is 0 Å². The first kappa shape index (κ1) is 30.1. The molecule has 0 unspecified atom stereocenters. The molecule has 0 radical (unpaired) electrons. The molecule has 52 heavy (non-hydrogen) atoms. The second-order valence-electron chi connectivity index (χ2n) is 13.6. The average molecular weight is 667 g/mol. The zero-order valence-corrected chi connectivity index (χ0v) is 29.0. The Hall–Kier alpha value is -6.78. The third-order valence-electron chi connectivity index (χ3n) is 10.5. The number of pyridine rings is 2. The third-order valence-corrected chi connectivity index (χ3v) is 10.5. The van der Waals surface area contributed by atoms with Gasteiger partial charge in [-0.3, -0.25) is 9.97 Å². The van der Waals surface area contributed by atoms with Gasteiger partial charge in [0, 0.05) is 62.6 Å². The van der Waals surface area contributed by atoms with Crippen LogP contribution in [-0.4, -0.2) is 19.1 Å². The van der Waals surface area contributed by atoms with Gasteiger partial charge in [0.15, 0.2) is 0 Å². The van der Waals surface area contributed by atoms with Crippen LogP contribution in [0.5, 0.6) is 0 Å². The first-order chi connectivity index (χ1) is 25.6. The van der Waals surface area contributed by atoms with E-state index in [-0.39, 0.29) is 0 Å². The fraction of sp³-hybridized carbons (Fsp3) is 0.0417. The number of benzene rings is 6. The Morgan fingerprint density at radius 1 is 0.404 bits per heavy atom. The van der Waals surface area contributed by atoms with E-state index in [1.165, 1.54) is 60.3 Å². The van der Waals surface area contributed by atoms with Gasteiger partial charge in [-0.25, -0.2) is 0 Å². The number of aromatic nitrogens is 4. The fourth-order valence-electron chi connectivity index (χ4n) is 8.06. The highest BCUT2D eigenvalue weighted by molar-refractivity contribution is 6.10. The highest BCUT2D eigenvalue weighted by Gasteiger charge is 2.16. The molecule has 4 aromatic heterocycles. The van der Waals surface area contributed by atoms with Gasteiger partial charge in [0.1, 0.15) is 0 Å². The molecule has 0 spiro atoms. The number of nitrogens with zero attached hydrogens (tertiary/aromatic N) is 4. The zero-order valence-electron chi connectivity index (χ0n) is 29.0. The molecule has 0 fully saturated rings. The second kappa shape index (κ2) is 11.9. The number of para-hydroxylation sites is 4. The summed E-state index contributed by atoms with van der Waals surface area (Å²) < 4.78 is 4.74. The van der Waals surface area contributed by atoms with Gasteiger partial charge < -0.3 is 9.13 Å². The molecule has 0 N–H and O–H groups in total. The van der Waals surface area contributed by atoms with Crippen molar-refractivity contribution in [3.05, 3.63) is 181 Å². The summed E-state index contributed by atoms with van der Waals surface area (Å²) in [6, 6.07) is 54.6. The van der Waals surface area contributed by atoms with Crippen molar-refractivity contribution in [3.63, 3.8) is 0 Å². The van der Waals surface area contributed by atoms with Crippen molar-refractivity contribution in [1.82, 2.24) is 19.1 Å². The lowest BCUT2D eigenvalue weighted by Crippen LogP contribution is -1.96. The number of hydrogen-bond acceptors (Lipinski definition) is 2. The maximum Gasteiger partial charge on any atom is 0.0723 e. The predicted octanol–water partition coefficient (Wildman–Crippen LogP) is 12.3. The van der Waals surface area contributed by atoms with Crippen LogP contribution in [0.25, 0.3) is 88.5 Å². The van der Waals surface area contributed by atoms with Crippen LogP contribution in [0.1, 0.15) is 11.1 Å². The van der Waals surface area contributed by atoms with E-state index in [9.17, 15) is 0 Å². The summed E-state index contributed by atoms with van der Waals surface area (Å²) in [6.45, 7) is 4.37. The highest BCUT2D eigenvalue weighted by atomic mass is 15.0. The van der Waals surface area contributed by atoms with E-state index in [1.807, 2.05) is 18.6 Å². The van der Waals surface area contributed by atoms with E-state index in [0.717, 1.165) is 39.3 Å². The van der Waals surface area contributed by atoms with Crippen LogP contribution < -0.4 is 0 Å². The number of fused-ring (bicyclic) bond motifs is 6. The van der Waals surface area contributed by atoms with Gasteiger partial charge in [0.25, 0.3) is 0 Å². The molecule has 0 aliphatic rings. The molecule has 0 atom stereocenters. The monoisotopic (exact) mass is 666 g/mol. The van der Waals surface area contributed by atoms with Crippen molar-refractivity contribution in [3.8, 4) is 44.9 Å². The van der Waals surface area contributed by atoms with E-state index < -0.39 is 0 Å². The van der Waals surface area contributed by atoms with Gasteiger partial charge in [-0.15, -0.1) is 0 Å². The van der Waals surface area contributed by atoms with Crippen LogP contribution in [0.4, 0.5) is 0 Å². The molecule has 4 heterocycles. The molecule has 4 heteroatoms. The topological polar surface area (TPSA) is 35.6 Å². The normalized spacial score (nSPS) is 11.7. The number of rotatable bonds is 5. The summed E-state index contributed by atoms with van der Waals surface area (Å²) in [6.07, 6.45) is 5.78. The molecule has 4 nitrogen and oxygen atoms in total.